The van der Waals surface area contributed by atoms with Crippen molar-refractivity contribution in [2.75, 3.05) is 13.1 Å². The summed E-state index contributed by atoms with van der Waals surface area (Å²) in [7, 11) is 0. The maximum Gasteiger partial charge on any atom is 0.333 e. The summed E-state index contributed by atoms with van der Waals surface area (Å²) in [5.41, 5.74) is 0.306. The Labute approximate surface area is 180 Å². The van der Waals surface area contributed by atoms with E-state index in [2.05, 4.69) is 0 Å². The topological polar surface area (TPSA) is 57.7 Å². The molecule has 1 fully saturated rings. The van der Waals surface area contributed by atoms with Crippen molar-refractivity contribution in [2.45, 2.75) is 19.0 Å². The number of imide groups is 2. The van der Waals surface area contributed by atoms with E-state index in [0.29, 0.717) is 10.5 Å². The van der Waals surface area contributed by atoms with Gasteiger partial charge < -0.3 is 0 Å². The highest BCUT2D eigenvalue weighted by Gasteiger charge is 2.39. The molecule has 0 N–H and O–H groups in total. The van der Waals surface area contributed by atoms with E-state index in [-0.39, 0.29) is 28.6 Å². The maximum absolute atomic E-state index is 14.7. The van der Waals surface area contributed by atoms with Crippen LogP contribution in [0, 0.1) is 11.6 Å². The Bertz CT molecular complexity index is 978. The molecule has 0 spiro atoms. The molecular formula is C20H15Cl2F3N2O3. The number of carbonyl (C=O) groups excluding carboxylic acids is 3. The molecule has 3 rings (SSSR count). The zero-order valence-corrected chi connectivity index (χ0v) is 16.9. The molecule has 1 heterocycles. The first kappa shape index (κ1) is 22.1. The van der Waals surface area contributed by atoms with Crippen molar-refractivity contribution < 1.29 is 27.6 Å². The summed E-state index contributed by atoms with van der Waals surface area (Å²) in [5, 5.41) is 0.127. The quantitative estimate of drug-likeness (QED) is 0.589. The number of nitrogens with zero attached hydrogens (tertiary/aromatic N) is 2. The van der Waals surface area contributed by atoms with Crippen LogP contribution in [0.3, 0.4) is 0 Å². The van der Waals surface area contributed by atoms with E-state index >= 15 is 0 Å². The number of alkyl halides is 1. The molecule has 1 aliphatic rings. The minimum Gasteiger partial charge on any atom is -0.274 e. The molecule has 1 atom stereocenters. The molecule has 0 aliphatic carbocycles. The van der Waals surface area contributed by atoms with Crippen molar-refractivity contribution in [3.63, 3.8) is 0 Å². The fourth-order valence-corrected chi connectivity index (χ4v) is 3.57. The molecule has 0 aromatic heterocycles. The second kappa shape index (κ2) is 9.06. The maximum atomic E-state index is 14.7. The van der Waals surface area contributed by atoms with Gasteiger partial charge in [-0.05, 0) is 53.9 Å². The van der Waals surface area contributed by atoms with Gasteiger partial charge in [0.1, 0.15) is 24.2 Å². The molecule has 0 bridgehead atoms. The van der Waals surface area contributed by atoms with Crippen LogP contribution >= 0.6 is 23.2 Å². The number of hydrogen-bond donors (Lipinski definition) is 0. The molecule has 10 heteroatoms. The molecule has 0 saturated carbocycles. The smallest absolute Gasteiger partial charge is 0.274 e. The van der Waals surface area contributed by atoms with E-state index in [1.54, 1.807) is 0 Å². The van der Waals surface area contributed by atoms with Gasteiger partial charge in [0.05, 0.1) is 6.54 Å². The van der Waals surface area contributed by atoms with Crippen molar-refractivity contribution in [3.05, 3.63) is 69.2 Å². The molecule has 1 saturated heterocycles. The molecule has 30 heavy (non-hydrogen) atoms. The van der Waals surface area contributed by atoms with Gasteiger partial charge in [-0.25, -0.2) is 18.0 Å². The van der Waals surface area contributed by atoms with Crippen LogP contribution in [0.15, 0.2) is 36.4 Å². The van der Waals surface area contributed by atoms with Crippen LogP contribution in [0.4, 0.5) is 18.0 Å². The third kappa shape index (κ3) is 5.12. The van der Waals surface area contributed by atoms with Crippen molar-refractivity contribution in [1.82, 2.24) is 9.80 Å². The van der Waals surface area contributed by atoms with E-state index in [1.807, 2.05) is 0 Å². The number of carbonyl (C=O) groups is 3. The molecule has 1 unspecified atom stereocenters. The van der Waals surface area contributed by atoms with Crippen molar-refractivity contribution in [3.8, 4) is 0 Å². The summed E-state index contributed by atoms with van der Waals surface area (Å²) in [6.45, 7) is -0.850. The zero-order valence-electron chi connectivity index (χ0n) is 15.4. The third-order valence-corrected chi connectivity index (χ3v) is 4.94. The summed E-state index contributed by atoms with van der Waals surface area (Å²) in [6, 6.07) is 5.90. The first-order valence-corrected chi connectivity index (χ1v) is 9.59. The number of benzene rings is 2. The SMILES string of the molecule is O=C1CC(=O)N(CC(F)c2cc(F)cc(Cl)c2)C(=O)N1CCc1cc(F)cc(Cl)c1. The van der Waals surface area contributed by atoms with Gasteiger partial charge in [-0.3, -0.25) is 19.4 Å². The normalized spacial score (nSPS) is 15.7. The Morgan fingerprint density at radius 3 is 2.10 bits per heavy atom. The number of urea groups is 1. The Morgan fingerprint density at radius 1 is 0.867 bits per heavy atom. The van der Waals surface area contributed by atoms with Crippen LogP contribution in [-0.2, 0) is 16.0 Å². The monoisotopic (exact) mass is 458 g/mol. The lowest BCUT2D eigenvalue weighted by Crippen LogP contribution is -2.56. The lowest BCUT2D eigenvalue weighted by atomic mass is 10.1. The Hall–Kier alpha value is -2.58. The van der Waals surface area contributed by atoms with Crippen molar-refractivity contribution in [1.29, 1.82) is 0 Å². The molecule has 2 aromatic carbocycles. The van der Waals surface area contributed by atoms with Crippen LogP contribution in [0.5, 0.6) is 0 Å². The Kier molecular flexibility index (Phi) is 6.67. The van der Waals surface area contributed by atoms with E-state index in [4.69, 9.17) is 23.2 Å². The second-order valence-electron chi connectivity index (χ2n) is 6.71. The average Bonchev–Trinajstić information content (AvgIpc) is 2.63. The van der Waals surface area contributed by atoms with Gasteiger partial charge >= 0.3 is 6.03 Å². The lowest BCUT2D eigenvalue weighted by Gasteiger charge is -2.33. The van der Waals surface area contributed by atoms with E-state index in [9.17, 15) is 27.6 Å². The van der Waals surface area contributed by atoms with Crippen LogP contribution < -0.4 is 0 Å². The fourth-order valence-electron chi connectivity index (χ4n) is 3.10. The van der Waals surface area contributed by atoms with Crippen LogP contribution in [0.2, 0.25) is 10.0 Å². The van der Waals surface area contributed by atoms with Gasteiger partial charge in [0, 0.05) is 16.6 Å². The van der Waals surface area contributed by atoms with Crippen LogP contribution in [0.25, 0.3) is 0 Å². The van der Waals surface area contributed by atoms with Gasteiger partial charge in [0.15, 0.2) is 0 Å². The van der Waals surface area contributed by atoms with Gasteiger partial charge in [0.2, 0.25) is 11.8 Å². The summed E-state index contributed by atoms with van der Waals surface area (Å²) in [6.07, 6.45) is -2.43. The summed E-state index contributed by atoms with van der Waals surface area (Å²) in [5.74, 6) is -2.94. The van der Waals surface area contributed by atoms with Crippen molar-refractivity contribution in [2.24, 2.45) is 0 Å². The summed E-state index contributed by atoms with van der Waals surface area (Å²) < 4.78 is 41.6. The van der Waals surface area contributed by atoms with Crippen LogP contribution in [-0.4, -0.2) is 40.7 Å². The van der Waals surface area contributed by atoms with Gasteiger partial charge in [-0.2, -0.15) is 0 Å². The van der Waals surface area contributed by atoms with E-state index in [0.717, 1.165) is 23.1 Å². The van der Waals surface area contributed by atoms with Crippen LogP contribution in [0.1, 0.15) is 23.7 Å². The van der Waals surface area contributed by atoms with E-state index < -0.39 is 48.6 Å². The predicted molar refractivity (Wildman–Crippen MR) is 104 cm³/mol. The molecule has 5 nitrogen and oxygen atoms in total. The minimum absolute atomic E-state index is 0.0329. The zero-order chi connectivity index (χ0) is 22.0. The van der Waals surface area contributed by atoms with Crippen molar-refractivity contribution >= 4 is 41.0 Å². The highest BCUT2D eigenvalue weighted by Crippen LogP contribution is 2.26. The Morgan fingerprint density at radius 2 is 1.47 bits per heavy atom. The predicted octanol–water partition coefficient (Wildman–Crippen LogP) is 4.71. The largest absolute Gasteiger partial charge is 0.333 e. The van der Waals surface area contributed by atoms with Gasteiger partial charge in [0.25, 0.3) is 0 Å². The molecule has 4 amide bonds. The third-order valence-electron chi connectivity index (χ3n) is 4.50. The minimum atomic E-state index is -1.90. The number of hydrogen-bond acceptors (Lipinski definition) is 3. The second-order valence-corrected chi connectivity index (χ2v) is 7.58. The fraction of sp³-hybridized carbons (Fsp3) is 0.250. The summed E-state index contributed by atoms with van der Waals surface area (Å²) in [4.78, 5) is 38.3. The average molecular weight is 459 g/mol. The first-order valence-electron chi connectivity index (χ1n) is 8.84. The standard InChI is InChI=1S/C20H15Cl2F3N2O3/c21-13-3-11(4-15(23)7-13)1-2-26-18(28)9-19(29)27(20(26)30)10-17(25)12-5-14(22)8-16(24)6-12/h3-8,17H,1-2,9-10H2. The molecule has 0 radical (unpaired) electrons. The molecule has 2 aromatic rings. The summed E-state index contributed by atoms with van der Waals surface area (Å²) >= 11 is 11.5. The molecule has 1 aliphatic heterocycles. The number of barbiturate groups is 1. The van der Waals surface area contributed by atoms with Gasteiger partial charge in [-0.15, -0.1) is 0 Å². The number of rotatable bonds is 6. The first-order chi connectivity index (χ1) is 14.1. The molecular weight excluding hydrogens is 444 g/mol. The highest BCUT2D eigenvalue weighted by atomic mass is 35.5. The Balaban J connectivity index is 1.73. The van der Waals surface area contributed by atoms with Gasteiger partial charge in [-0.1, -0.05) is 23.2 Å². The molecule has 158 valence electrons. The number of halogens is 5. The lowest BCUT2D eigenvalue weighted by molar-refractivity contribution is -0.143. The van der Waals surface area contributed by atoms with E-state index in [1.165, 1.54) is 18.2 Å². The highest BCUT2D eigenvalue weighted by molar-refractivity contribution is 6.30. The number of amides is 4.